The van der Waals surface area contributed by atoms with Crippen molar-refractivity contribution in [2.75, 3.05) is 6.54 Å². The van der Waals surface area contributed by atoms with Gasteiger partial charge in [0.2, 0.25) is 0 Å². The van der Waals surface area contributed by atoms with Crippen molar-refractivity contribution in [3.05, 3.63) is 0 Å². The number of hydrogen-bond donors (Lipinski definition) is 1. The molecule has 0 radical (unpaired) electrons. The van der Waals surface area contributed by atoms with Crippen molar-refractivity contribution in [3.8, 4) is 0 Å². The van der Waals surface area contributed by atoms with E-state index in [1.807, 2.05) is 0 Å². The molecule has 2 unspecified atom stereocenters. The average molecular weight is 247 g/mol. The van der Waals surface area contributed by atoms with Gasteiger partial charge in [-0.2, -0.15) is 0 Å². The molecule has 1 nitrogen and oxygen atoms in total. The number of hydrogen-bond acceptors (Lipinski definition) is 1. The highest BCUT2D eigenvalue weighted by molar-refractivity contribution is 5.09. The smallest absolute Gasteiger partial charge is 0.0124 e. The second-order valence-electron chi connectivity index (χ2n) is 7.90. The van der Waals surface area contributed by atoms with Crippen LogP contribution in [0.5, 0.6) is 0 Å². The molecule has 0 amide bonds. The van der Waals surface area contributed by atoms with Gasteiger partial charge in [0.1, 0.15) is 0 Å². The highest BCUT2D eigenvalue weighted by Gasteiger charge is 2.57. The van der Waals surface area contributed by atoms with Gasteiger partial charge in [-0.1, -0.05) is 19.8 Å². The summed E-state index contributed by atoms with van der Waals surface area (Å²) in [6, 6.07) is 0.890. The fourth-order valence-electron chi connectivity index (χ4n) is 6.69. The molecule has 0 spiro atoms. The third kappa shape index (κ3) is 1.62. The molecular formula is C17H29N. The van der Waals surface area contributed by atoms with E-state index >= 15 is 0 Å². The van der Waals surface area contributed by atoms with Gasteiger partial charge in [0, 0.05) is 6.04 Å². The summed E-state index contributed by atoms with van der Waals surface area (Å²) in [5.74, 6) is 4.31. The van der Waals surface area contributed by atoms with Crippen LogP contribution in [0.1, 0.15) is 64.7 Å². The number of nitrogens with one attached hydrogen (secondary N) is 1. The van der Waals surface area contributed by atoms with Crippen LogP contribution in [0.15, 0.2) is 0 Å². The van der Waals surface area contributed by atoms with Gasteiger partial charge < -0.3 is 5.32 Å². The first-order valence-electron chi connectivity index (χ1n) is 8.54. The summed E-state index contributed by atoms with van der Waals surface area (Å²) in [5, 5.41) is 3.84. The zero-order valence-electron chi connectivity index (χ0n) is 12.0. The van der Waals surface area contributed by atoms with Gasteiger partial charge in [0.05, 0.1) is 0 Å². The Balaban J connectivity index is 1.58. The Morgan fingerprint density at radius 2 is 1.67 bits per heavy atom. The van der Waals surface area contributed by atoms with E-state index in [-0.39, 0.29) is 0 Å². The molecule has 102 valence electrons. The van der Waals surface area contributed by atoms with Crippen LogP contribution in [0.3, 0.4) is 0 Å². The Morgan fingerprint density at radius 3 is 2.28 bits per heavy atom. The third-order valence-corrected chi connectivity index (χ3v) is 6.98. The van der Waals surface area contributed by atoms with E-state index in [1.165, 1.54) is 19.4 Å². The largest absolute Gasteiger partial charge is 0.314 e. The van der Waals surface area contributed by atoms with Gasteiger partial charge in [-0.05, 0) is 80.6 Å². The standard InChI is InChI=1S/C17H29N/c1-2-18-16-13-7-12-8-14(16)11-17(9-12,10-13)15-5-3-4-6-15/h12-16,18H,2-11H2,1H3. The molecule has 0 aromatic rings. The summed E-state index contributed by atoms with van der Waals surface area (Å²) in [6.45, 7) is 3.47. The third-order valence-electron chi connectivity index (χ3n) is 6.98. The first-order valence-corrected chi connectivity index (χ1v) is 8.54. The minimum Gasteiger partial charge on any atom is -0.314 e. The molecule has 18 heavy (non-hydrogen) atoms. The molecule has 5 fully saturated rings. The Hall–Kier alpha value is -0.0400. The predicted molar refractivity (Wildman–Crippen MR) is 75.4 cm³/mol. The average Bonchev–Trinajstić information content (AvgIpc) is 2.87. The lowest BCUT2D eigenvalue weighted by atomic mass is 9.45. The lowest BCUT2D eigenvalue weighted by Gasteiger charge is -2.62. The van der Waals surface area contributed by atoms with Crippen molar-refractivity contribution in [1.29, 1.82) is 0 Å². The molecule has 1 heteroatoms. The first kappa shape index (κ1) is 11.8. The van der Waals surface area contributed by atoms with Crippen LogP contribution < -0.4 is 5.32 Å². The molecule has 5 rings (SSSR count). The maximum absolute atomic E-state index is 3.84. The molecule has 0 heterocycles. The van der Waals surface area contributed by atoms with E-state index < -0.39 is 0 Å². The van der Waals surface area contributed by atoms with E-state index in [9.17, 15) is 0 Å². The topological polar surface area (TPSA) is 12.0 Å². The molecule has 1 N–H and O–H groups in total. The first-order chi connectivity index (χ1) is 8.81. The Bertz CT molecular complexity index is 302. The SMILES string of the molecule is CCNC1C2CC3CC1CC(C1CCCC1)(C3)C2. The Kier molecular flexibility index (Phi) is 2.76. The molecule has 0 aromatic carbocycles. The fraction of sp³-hybridized carbons (Fsp3) is 1.00. The van der Waals surface area contributed by atoms with E-state index in [0.717, 1.165) is 35.1 Å². The number of rotatable bonds is 3. The van der Waals surface area contributed by atoms with Gasteiger partial charge in [0.15, 0.2) is 0 Å². The lowest BCUT2D eigenvalue weighted by molar-refractivity contribution is -0.105. The van der Waals surface area contributed by atoms with E-state index in [1.54, 1.807) is 44.9 Å². The molecule has 5 aliphatic carbocycles. The van der Waals surface area contributed by atoms with Crippen LogP contribution in [0.25, 0.3) is 0 Å². The molecule has 5 saturated carbocycles. The van der Waals surface area contributed by atoms with Gasteiger partial charge in [0.25, 0.3) is 0 Å². The molecular weight excluding hydrogens is 218 g/mol. The summed E-state index contributed by atoms with van der Waals surface area (Å²) in [6.07, 6.45) is 14.1. The maximum atomic E-state index is 3.84. The van der Waals surface area contributed by atoms with Gasteiger partial charge in [-0.3, -0.25) is 0 Å². The summed E-state index contributed by atoms with van der Waals surface area (Å²) in [4.78, 5) is 0. The summed E-state index contributed by atoms with van der Waals surface area (Å²) < 4.78 is 0. The molecule has 0 saturated heterocycles. The normalized spacial score (nSPS) is 51.2. The summed E-state index contributed by atoms with van der Waals surface area (Å²) in [5.41, 5.74) is 0.818. The fourth-order valence-corrected chi connectivity index (χ4v) is 6.69. The van der Waals surface area contributed by atoms with Crippen LogP contribution in [-0.4, -0.2) is 12.6 Å². The second-order valence-corrected chi connectivity index (χ2v) is 7.90. The highest BCUT2D eigenvalue weighted by Crippen LogP contribution is 2.64. The lowest BCUT2D eigenvalue weighted by Crippen LogP contribution is -2.59. The molecule has 4 bridgehead atoms. The quantitative estimate of drug-likeness (QED) is 0.795. The van der Waals surface area contributed by atoms with Crippen molar-refractivity contribution in [2.24, 2.45) is 29.1 Å². The van der Waals surface area contributed by atoms with E-state index in [2.05, 4.69) is 12.2 Å². The maximum Gasteiger partial charge on any atom is 0.0124 e. The van der Waals surface area contributed by atoms with Crippen molar-refractivity contribution in [2.45, 2.75) is 70.8 Å². The van der Waals surface area contributed by atoms with Crippen LogP contribution in [0.4, 0.5) is 0 Å². The van der Waals surface area contributed by atoms with Crippen molar-refractivity contribution >= 4 is 0 Å². The zero-order chi connectivity index (χ0) is 12.2. The minimum atomic E-state index is 0.818. The summed E-state index contributed by atoms with van der Waals surface area (Å²) in [7, 11) is 0. The van der Waals surface area contributed by atoms with Crippen LogP contribution in [-0.2, 0) is 0 Å². The van der Waals surface area contributed by atoms with Gasteiger partial charge in [-0.15, -0.1) is 0 Å². The second kappa shape index (κ2) is 4.23. The van der Waals surface area contributed by atoms with Gasteiger partial charge in [-0.25, -0.2) is 0 Å². The summed E-state index contributed by atoms with van der Waals surface area (Å²) >= 11 is 0. The molecule has 2 atom stereocenters. The van der Waals surface area contributed by atoms with Crippen LogP contribution in [0, 0.1) is 29.1 Å². The molecule has 5 aliphatic rings. The Morgan fingerprint density at radius 1 is 1.00 bits per heavy atom. The molecule has 0 aromatic heterocycles. The van der Waals surface area contributed by atoms with E-state index in [0.29, 0.717) is 0 Å². The molecule has 0 aliphatic heterocycles. The van der Waals surface area contributed by atoms with Crippen molar-refractivity contribution in [1.82, 2.24) is 5.32 Å². The zero-order valence-corrected chi connectivity index (χ0v) is 12.0. The highest BCUT2D eigenvalue weighted by atomic mass is 14.9. The van der Waals surface area contributed by atoms with Crippen LogP contribution >= 0.6 is 0 Å². The van der Waals surface area contributed by atoms with Crippen molar-refractivity contribution in [3.63, 3.8) is 0 Å². The minimum absolute atomic E-state index is 0.818. The van der Waals surface area contributed by atoms with E-state index in [4.69, 9.17) is 0 Å². The predicted octanol–water partition coefficient (Wildman–Crippen LogP) is 3.98. The van der Waals surface area contributed by atoms with Gasteiger partial charge >= 0.3 is 0 Å². The Labute approximate surface area is 112 Å². The van der Waals surface area contributed by atoms with Crippen molar-refractivity contribution < 1.29 is 0 Å². The monoisotopic (exact) mass is 247 g/mol. The van der Waals surface area contributed by atoms with Crippen LogP contribution in [0.2, 0.25) is 0 Å².